The number of hydrogen-bond acceptors (Lipinski definition) is 6. The van der Waals surface area contributed by atoms with E-state index in [1.807, 2.05) is 30.8 Å². The van der Waals surface area contributed by atoms with E-state index in [2.05, 4.69) is 10.1 Å². The lowest BCUT2D eigenvalue weighted by Crippen LogP contribution is -2.26. The third-order valence-corrected chi connectivity index (χ3v) is 4.17. The number of rotatable bonds is 4. The van der Waals surface area contributed by atoms with Crippen molar-refractivity contribution in [2.75, 3.05) is 26.4 Å². The van der Waals surface area contributed by atoms with Gasteiger partial charge in [-0.25, -0.2) is 0 Å². The first-order valence-electron chi connectivity index (χ1n) is 6.02. The quantitative estimate of drug-likeness (QED) is 0.882. The first kappa shape index (κ1) is 12.9. The summed E-state index contributed by atoms with van der Waals surface area (Å²) in [5.41, 5.74) is 6.01. The highest BCUT2D eigenvalue weighted by Crippen LogP contribution is 2.37. The summed E-state index contributed by atoms with van der Waals surface area (Å²) in [5.74, 6) is 2.56. The van der Waals surface area contributed by atoms with E-state index in [1.165, 1.54) is 18.6 Å². The van der Waals surface area contributed by atoms with Crippen molar-refractivity contribution < 1.29 is 4.52 Å². The van der Waals surface area contributed by atoms with Crippen LogP contribution in [0.1, 0.15) is 42.3 Å². The van der Waals surface area contributed by atoms with Gasteiger partial charge >= 0.3 is 0 Å². The zero-order chi connectivity index (χ0) is 12.3. The van der Waals surface area contributed by atoms with Gasteiger partial charge in [0.2, 0.25) is 5.89 Å². The monoisotopic (exact) mass is 256 g/mol. The van der Waals surface area contributed by atoms with Gasteiger partial charge in [-0.15, -0.1) is 11.8 Å². The van der Waals surface area contributed by atoms with Crippen LogP contribution in [0.2, 0.25) is 0 Å². The predicted molar refractivity (Wildman–Crippen MR) is 68.8 cm³/mol. The molecule has 0 saturated carbocycles. The number of nitrogens with two attached hydrogens (primary N) is 1. The van der Waals surface area contributed by atoms with Crippen LogP contribution in [0.3, 0.4) is 0 Å². The molecule has 6 heteroatoms. The van der Waals surface area contributed by atoms with Crippen molar-refractivity contribution in [1.82, 2.24) is 15.0 Å². The fourth-order valence-corrected chi connectivity index (χ4v) is 3.17. The highest BCUT2D eigenvalue weighted by atomic mass is 32.2. The van der Waals surface area contributed by atoms with Gasteiger partial charge in [0.25, 0.3) is 0 Å². The Bertz CT molecular complexity index is 349. The maximum absolute atomic E-state index is 6.01. The minimum absolute atomic E-state index is 0.170. The van der Waals surface area contributed by atoms with Crippen LogP contribution in [0, 0.1) is 0 Å². The van der Waals surface area contributed by atoms with E-state index in [-0.39, 0.29) is 6.04 Å². The summed E-state index contributed by atoms with van der Waals surface area (Å²) in [6.07, 6.45) is 3.68. The SMILES string of the molecule is CN(C)CC(N)c1noc(C2CCCCS2)n1. The van der Waals surface area contributed by atoms with Crippen LogP contribution in [0.25, 0.3) is 0 Å². The summed E-state index contributed by atoms with van der Waals surface area (Å²) < 4.78 is 5.33. The Morgan fingerprint density at radius 3 is 3.00 bits per heavy atom. The Morgan fingerprint density at radius 2 is 2.35 bits per heavy atom. The summed E-state index contributed by atoms with van der Waals surface area (Å²) in [6.45, 7) is 0.733. The van der Waals surface area contributed by atoms with E-state index in [0.717, 1.165) is 18.9 Å². The molecule has 2 atom stereocenters. The molecule has 0 aromatic carbocycles. The fourth-order valence-electron chi connectivity index (χ4n) is 1.94. The minimum Gasteiger partial charge on any atom is -0.338 e. The Balaban J connectivity index is 1.99. The Hall–Kier alpha value is -0.590. The lowest BCUT2D eigenvalue weighted by atomic mass is 10.2. The summed E-state index contributed by atoms with van der Waals surface area (Å²) in [7, 11) is 3.97. The average molecular weight is 256 g/mol. The highest BCUT2D eigenvalue weighted by molar-refractivity contribution is 7.99. The second kappa shape index (κ2) is 5.84. The lowest BCUT2D eigenvalue weighted by molar-refractivity contribution is 0.343. The third-order valence-electron chi connectivity index (χ3n) is 2.81. The second-order valence-corrected chi connectivity index (χ2v) is 6.03. The first-order valence-corrected chi connectivity index (χ1v) is 7.07. The molecule has 1 aromatic heterocycles. The number of aromatic nitrogens is 2. The molecule has 0 radical (unpaired) electrons. The zero-order valence-electron chi connectivity index (χ0n) is 10.4. The summed E-state index contributed by atoms with van der Waals surface area (Å²) >= 11 is 1.91. The number of nitrogens with zero attached hydrogens (tertiary/aromatic N) is 3. The standard InChI is InChI=1S/C11H20N4OS/c1-15(2)7-8(12)10-13-11(16-14-10)9-5-3-4-6-17-9/h8-9H,3-7,12H2,1-2H3. The van der Waals surface area contributed by atoms with Crippen molar-refractivity contribution in [3.8, 4) is 0 Å². The van der Waals surface area contributed by atoms with Crippen molar-refractivity contribution in [3.05, 3.63) is 11.7 Å². The van der Waals surface area contributed by atoms with Gasteiger partial charge in [0.15, 0.2) is 5.82 Å². The summed E-state index contributed by atoms with van der Waals surface area (Å²) in [4.78, 5) is 6.46. The molecule has 96 valence electrons. The zero-order valence-corrected chi connectivity index (χ0v) is 11.2. The minimum atomic E-state index is -0.170. The van der Waals surface area contributed by atoms with Crippen molar-refractivity contribution in [3.63, 3.8) is 0 Å². The van der Waals surface area contributed by atoms with Gasteiger partial charge in [-0.3, -0.25) is 0 Å². The molecule has 5 nitrogen and oxygen atoms in total. The molecule has 0 spiro atoms. The molecule has 1 aliphatic heterocycles. The largest absolute Gasteiger partial charge is 0.338 e. The number of likely N-dealkylation sites (N-methyl/N-ethyl adjacent to an activating group) is 1. The maximum atomic E-state index is 6.01. The van der Waals surface area contributed by atoms with Gasteiger partial charge in [0.05, 0.1) is 11.3 Å². The lowest BCUT2D eigenvalue weighted by Gasteiger charge is -2.17. The Morgan fingerprint density at radius 1 is 1.53 bits per heavy atom. The molecular weight excluding hydrogens is 236 g/mol. The molecule has 1 saturated heterocycles. The maximum Gasteiger partial charge on any atom is 0.239 e. The average Bonchev–Trinajstić information content (AvgIpc) is 2.78. The highest BCUT2D eigenvalue weighted by Gasteiger charge is 2.23. The van der Waals surface area contributed by atoms with Crippen LogP contribution in [0.15, 0.2) is 4.52 Å². The van der Waals surface area contributed by atoms with Crippen LogP contribution in [-0.4, -0.2) is 41.4 Å². The van der Waals surface area contributed by atoms with Gasteiger partial charge in [-0.1, -0.05) is 11.6 Å². The van der Waals surface area contributed by atoms with Crippen LogP contribution >= 0.6 is 11.8 Å². The Kier molecular flexibility index (Phi) is 4.42. The molecule has 1 aliphatic rings. The molecule has 1 aromatic rings. The van der Waals surface area contributed by atoms with Gasteiger partial charge < -0.3 is 15.2 Å². The molecular formula is C11H20N4OS. The number of hydrogen-bond donors (Lipinski definition) is 1. The van der Waals surface area contributed by atoms with Crippen LogP contribution in [-0.2, 0) is 0 Å². The van der Waals surface area contributed by atoms with E-state index in [1.54, 1.807) is 0 Å². The molecule has 2 N–H and O–H groups in total. The Labute approximate surface area is 106 Å². The third kappa shape index (κ3) is 3.43. The molecule has 2 rings (SSSR count). The van der Waals surface area contributed by atoms with Crippen molar-refractivity contribution in [2.24, 2.45) is 5.73 Å². The van der Waals surface area contributed by atoms with Crippen molar-refractivity contribution in [1.29, 1.82) is 0 Å². The van der Waals surface area contributed by atoms with Crippen LogP contribution in [0.5, 0.6) is 0 Å². The molecule has 0 amide bonds. The van der Waals surface area contributed by atoms with Crippen molar-refractivity contribution >= 4 is 11.8 Å². The van der Waals surface area contributed by atoms with Crippen LogP contribution in [0.4, 0.5) is 0 Å². The van der Waals surface area contributed by atoms with Gasteiger partial charge in [0.1, 0.15) is 0 Å². The van der Waals surface area contributed by atoms with E-state index >= 15 is 0 Å². The van der Waals surface area contributed by atoms with Gasteiger partial charge in [-0.2, -0.15) is 4.98 Å². The topological polar surface area (TPSA) is 68.2 Å². The smallest absolute Gasteiger partial charge is 0.239 e. The molecule has 1 fully saturated rings. The van der Waals surface area contributed by atoms with Crippen LogP contribution < -0.4 is 5.73 Å². The van der Waals surface area contributed by atoms with E-state index in [4.69, 9.17) is 10.3 Å². The molecule has 0 bridgehead atoms. The number of thioether (sulfide) groups is 1. The summed E-state index contributed by atoms with van der Waals surface area (Å²) in [5, 5.41) is 4.37. The van der Waals surface area contributed by atoms with Gasteiger partial charge in [-0.05, 0) is 32.7 Å². The van der Waals surface area contributed by atoms with E-state index in [0.29, 0.717) is 11.1 Å². The summed E-state index contributed by atoms with van der Waals surface area (Å²) in [6, 6.07) is -0.170. The van der Waals surface area contributed by atoms with Crippen molar-refractivity contribution in [2.45, 2.75) is 30.6 Å². The molecule has 2 unspecified atom stereocenters. The second-order valence-electron chi connectivity index (χ2n) is 4.71. The first-order chi connectivity index (χ1) is 8.16. The van der Waals surface area contributed by atoms with Gasteiger partial charge in [0, 0.05) is 6.54 Å². The normalized spacial score (nSPS) is 22.9. The molecule has 0 aliphatic carbocycles. The van der Waals surface area contributed by atoms with E-state index in [9.17, 15) is 0 Å². The fraction of sp³-hybridized carbons (Fsp3) is 0.818. The van der Waals surface area contributed by atoms with E-state index < -0.39 is 0 Å². The molecule has 2 heterocycles. The predicted octanol–water partition coefficient (Wildman–Crippen LogP) is 1.59. The molecule has 17 heavy (non-hydrogen) atoms.